The average Bonchev–Trinajstić information content (AvgIpc) is 2.71. The lowest BCUT2D eigenvalue weighted by Crippen LogP contribution is -2.13. The van der Waals surface area contributed by atoms with Gasteiger partial charge in [0.25, 0.3) is 0 Å². The molecule has 0 aliphatic heterocycles. The van der Waals surface area contributed by atoms with Crippen molar-refractivity contribution in [3.05, 3.63) is 40.2 Å². The predicted molar refractivity (Wildman–Crippen MR) is 79.7 cm³/mol. The zero-order valence-electron chi connectivity index (χ0n) is 10.6. The number of anilines is 1. The number of carbonyl (C=O) groups excluding carboxylic acids is 1. The number of hydrogen-bond acceptors (Lipinski definition) is 4. The summed E-state index contributed by atoms with van der Waals surface area (Å²) >= 11 is 7.19. The summed E-state index contributed by atoms with van der Waals surface area (Å²) in [5.41, 5.74) is 7.99. The Hall–Kier alpha value is -1.52. The van der Waals surface area contributed by atoms with Crippen LogP contribution in [0.1, 0.15) is 24.2 Å². The van der Waals surface area contributed by atoms with E-state index in [0.29, 0.717) is 15.6 Å². The number of benzene rings is 1. The van der Waals surface area contributed by atoms with Crippen LogP contribution in [0.4, 0.5) is 5.00 Å². The zero-order valence-corrected chi connectivity index (χ0v) is 12.2. The van der Waals surface area contributed by atoms with E-state index in [1.165, 1.54) is 11.3 Å². The summed E-state index contributed by atoms with van der Waals surface area (Å²) in [4.78, 5) is 12.1. The van der Waals surface area contributed by atoms with Gasteiger partial charge in [0.2, 0.25) is 0 Å². The van der Waals surface area contributed by atoms with E-state index in [2.05, 4.69) is 0 Å². The Morgan fingerprint density at radius 2 is 1.95 bits per heavy atom. The summed E-state index contributed by atoms with van der Waals surface area (Å²) in [5.74, 6) is -0.390. The first-order valence-corrected chi connectivity index (χ1v) is 7.08. The molecule has 5 heteroatoms. The second-order valence-electron chi connectivity index (χ2n) is 4.35. The molecule has 1 aromatic heterocycles. The fourth-order valence-electron chi connectivity index (χ4n) is 1.70. The van der Waals surface area contributed by atoms with Crippen molar-refractivity contribution in [2.24, 2.45) is 0 Å². The van der Waals surface area contributed by atoms with Crippen LogP contribution in [0.15, 0.2) is 29.6 Å². The number of rotatable bonds is 3. The number of esters is 1. The minimum Gasteiger partial charge on any atom is -0.459 e. The summed E-state index contributed by atoms with van der Waals surface area (Å²) in [6, 6.07) is 7.27. The first-order chi connectivity index (χ1) is 8.99. The van der Waals surface area contributed by atoms with Crippen molar-refractivity contribution in [3.8, 4) is 11.1 Å². The molecule has 0 radical (unpaired) electrons. The van der Waals surface area contributed by atoms with Gasteiger partial charge in [-0.3, -0.25) is 0 Å². The molecule has 0 bridgehead atoms. The Labute approximate surface area is 121 Å². The van der Waals surface area contributed by atoms with Crippen LogP contribution in [0, 0.1) is 0 Å². The maximum atomic E-state index is 12.1. The highest BCUT2D eigenvalue weighted by atomic mass is 35.5. The molecule has 2 rings (SSSR count). The molecular weight excluding hydrogens is 282 g/mol. The van der Waals surface area contributed by atoms with Gasteiger partial charge in [-0.1, -0.05) is 23.7 Å². The molecule has 0 unspecified atom stereocenters. The van der Waals surface area contributed by atoms with Gasteiger partial charge < -0.3 is 10.5 Å². The molecule has 0 saturated carbocycles. The van der Waals surface area contributed by atoms with Crippen LogP contribution in [0.2, 0.25) is 5.02 Å². The topological polar surface area (TPSA) is 52.3 Å². The average molecular weight is 296 g/mol. The molecule has 0 fully saturated rings. The molecule has 19 heavy (non-hydrogen) atoms. The van der Waals surface area contributed by atoms with Crippen LogP contribution in [0.25, 0.3) is 11.1 Å². The summed E-state index contributed by atoms with van der Waals surface area (Å²) in [6.07, 6.45) is -0.176. The molecule has 0 spiro atoms. The highest BCUT2D eigenvalue weighted by Crippen LogP contribution is 2.34. The van der Waals surface area contributed by atoms with E-state index in [9.17, 15) is 4.79 Å². The van der Waals surface area contributed by atoms with Gasteiger partial charge in [-0.05, 0) is 31.5 Å². The minimum atomic E-state index is -0.390. The summed E-state index contributed by atoms with van der Waals surface area (Å²) in [7, 11) is 0. The highest BCUT2D eigenvalue weighted by molar-refractivity contribution is 7.14. The Morgan fingerprint density at radius 1 is 1.32 bits per heavy atom. The first-order valence-electron chi connectivity index (χ1n) is 5.83. The largest absolute Gasteiger partial charge is 0.459 e. The van der Waals surface area contributed by atoms with E-state index in [0.717, 1.165) is 11.1 Å². The zero-order chi connectivity index (χ0) is 14.0. The summed E-state index contributed by atoms with van der Waals surface area (Å²) in [6.45, 7) is 3.62. The number of nitrogens with two attached hydrogens (primary N) is 1. The van der Waals surface area contributed by atoms with Gasteiger partial charge in [0.1, 0.15) is 10.6 Å². The van der Waals surface area contributed by atoms with Crippen molar-refractivity contribution < 1.29 is 9.53 Å². The lowest BCUT2D eigenvalue weighted by atomic mass is 10.0. The van der Waals surface area contributed by atoms with E-state index in [4.69, 9.17) is 22.1 Å². The smallest absolute Gasteiger partial charge is 0.342 e. The predicted octanol–water partition coefficient (Wildman–Crippen LogP) is 4.22. The molecular formula is C14H14ClNO2S. The lowest BCUT2D eigenvalue weighted by Gasteiger charge is -2.09. The number of carbonyl (C=O) groups is 1. The number of hydrogen-bond donors (Lipinski definition) is 1. The van der Waals surface area contributed by atoms with Crippen LogP contribution >= 0.6 is 22.9 Å². The van der Waals surface area contributed by atoms with Crippen molar-refractivity contribution >= 4 is 33.9 Å². The van der Waals surface area contributed by atoms with Gasteiger partial charge >= 0.3 is 5.97 Å². The Balaban J connectivity index is 2.42. The standard InChI is InChI=1S/C14H14ClNO2S/c1-8(2)18-14(17)12-11(7-19-13(12)16)9-3-5-10(15)6-4-9/h3-8H,16H2,1-2H3. The first kappa shape index (κ1) is 13.9. The molecule has 0 aliphatic carbocycles. The van der Waals surface area contributed by atoms with Gasteiger partial charge in [-0.25, -0.2) is 4.79 Å². The molecule has 0 amide bonds. The normalized spacial score (nSPS) is 10.7. The number of thiophene rings is 1. The maximum Gasteiger partial charge on any atom is 0.342 e. The van der Waals surface area contributed by atoms with Crippen molar-refractivity contribution in [3.63, 3.8) is 0 Å². The number of halogens is 1. The van der Waals surface area contributed by atoms with Crippen molar-refractivity contribution in [1.29, 1.82) is 0 Å². The van der Waals surface area contributed by atoms with E-state index in [1.54, 1.807) is 12.1 Å². The molecule has 2 aromatic rings. The Kier molecular flexibility index (Phi) is 4.12. The van der Waals surface area contributed by atoms with Gasteiger partial charge in [0.15, 0.2) is 0 Å². The molecule has 2 N–H and O–H groups in total. The minimum absolute atomic E-state index is 0.176. The fourth-order valence-corrected chi connectivity index (χ4v) is 2.63. The third-order valence-corrected chi connectivity index (χ3v) is 3.59. The quantitative estimate of drug-likeness (QED) is 0.863. The second-order valence-corrected chi connectivity index (χ2v) is 5.70. The van der Waals surface area contributed by atoms with E-state index >= 15 is 0 Å². The highest BCUT2D eigenvalue weighted by Gasteiger charge is 2.20. The molecule has 0 aliphatic rings. The van der Waals surface area contributed by atoms with Gasteiger partial charge in [0.05, 0.1) is 6.10 Å². The monoisotopic (exact) mass is 295 g/mol. The van der Waals surface area contributed by atoms with Gasteiger partial charge in [-0.2, -0.15) is 0 Å². The van der Waals surface area contributed by atoms with E-state index < -0.39 is 5.97 Å². The molecule has 1 aromatic carbocycles. The van der Waals surface area contributed by atoms with Crippen molar-refractivity contribution in [2.45, 2.75) is 20.0 Å². The number of ether oxygens (including phenoxy) is 1. The molecule has 0 saturated heterocycles. The van der Waals surface area contributed by atoms with Crippen LogP contribution in [-0.4, -0.2) is 12.1 Å². The third-order valence-electron chi connectivity index (χ3n) is 2.52. The molecule has 3 nitrogen and oxygen atoms in total. The summed E-state index contributed by atoms with van der Waals surface area (Å²) < 4.78 is 5.22. The third kappa shape index (κ3) is 3.08. The Bertz CT molecular complexity index is 590. The number of nitrogen functional groups attached to an aromatic ring is 1. The van der Waals surface area contributed by atoms with Crippen LogP contribution < -0.4 is 5.73 Å². The summed E-state index contributed by atoms with van der Waals surface area (Å²) in [5, 5.41) is 2.98. The van der Waals surface area contributed by atoms with Crippen LogP contribution in [-0.2, 0) is 4.74 Å². The van der Waals surface area contributed by atoms with E-state index in [-0.39, 0.29) is 6.10 Å². The van der Waals surface area contributed by atoms with Gasteiger partial charge in [0, 0.05) is 16.0 Å². The lowest BCUT2D eigenvalue weighted by molar-refractivity contribution is 0.0380. The maximum absolute atomic E-state index is 12.1. The van der Waals surface area contributed by atoms with Gasteiger partial charge in [-0.15, -0.1) is 11.3 Å². The SMILES string of the molecule is CC(C)OC(=O)c1c(-c2ccc(Cl)cc2)csc1N. The van der Waals surface area contributed by atoms with Crippen LogP contribution in [0.3, 0.4) is 0 Å². The van der Waals surface area contributed by atoms with Crippen LogP contribution in [0.5, 0.6) is 0 Å². The molecule has 0 atom stereocenters. The fraction of sp³-hybridized carbons (Fsp3) is 0.214. The van der Waals surface area contributed by atoms with Crippen molar-refractivity contribution in [2.75, 3.05) is 5.73 Å². The Morgan fingerprint density at radius 3 is 2.53 bits per heavy atom. The molecule has 100 valence electrons. The van der Waals surface area contributed by atoms with E-state index in [1.807, 2.05) is 31.4 Å². The molecule has 1 heterocycles. The van der Waals surface area contributed by atoms with Crippen molar-refractivity contribution in [1.82, 2.24) is 0 Å². The second kappa shape index (κ2) is 5.63.